The van der Waals surface area contributed by atoms with Crippen molar-refractivity contribution in [2.24, 2.45) is 0 Å². The number of hydrogen-bond acceptors (Lipinski definition) is 6. The fourth-order valence-electron chi connectivity index (χ4n) is 3.51. The van der Waals surface area contributed by atoms with Gasteiger partial charge in [-0.25, -0.2) is 4.98 Å². The third kappa shape index (κ3) is 3.26. The van der Waals surface area contributed by atoms with Gasteiger partial charge in [0.1, 0.15) is 17.2 Å². The summed E-state index contributed by atoms with van der Waals surface area (Å²) in [5, 5.41) is 0. The molecule has 3 heterocycles. The maximum absolute atomic E-state index is 6.54. The lowest BCUT2D eigenvalue weighted by Gasteiger charge is -2.39. The lowest BCUT2D eigenvalue weighted by molar-refractivity contribution is -0.0391. The molecule has 0 radical (unpaired) electrons. The summed E-state index contributed by atoms with van der Waals surface area (Å²) >= 11 is 0. The van der Waals surface area contributed by atoms with Crippen molar-refractivity contribution in [2.45, 2.75) is 25.0 Å². The minimum Gasteiger partial charge on any atom is -0.485 e. The quantitative estimate of drug-likeness (QED) is 0.837. The zero-order valence-electron chi connectivity index (χ0n) is 14.8. The van der Waals surface area contributed by atoms with Crippen LogP contribution >= 0.6 is 0 Å². The first-order chi connectivity index (χ1) is 12.2. The van der Waals surface area contributed by atoms with Crippen LogP contribution in [0.3, 0.4) is 0 Å². The molecule has 1 saturated heterocycles. The van der Waals surface area contributed by atoms with Gasteiger partial charge in [0.15, 0.2) is 0 Å². The molecule has 25 heavy (non-hydrogen) atoms. The maximum Gasteiger partial charge on any atom is 0.226 e. The summed E-state index contributed by atoms with van der Waals surface area (Å²) in [6, 6.07) is 10.3. The summed E-state index contributed by atoms with van der Waals surface area (Å²) in [7, 11) is 3.92. The molecule has 0 bridgehead atoms. The zero-order valence-corrected chi connectivity index (χ0v) is 14.8. The molecule has 0 N–H and O–H groups in total. The van der Waals surface area contributed by atoms with Gasteiger partial charge < -0.3 is 19.3 Å². The smallest absolute Gasteiger partial charge is 0.226 e. The van der Waals surface area contributed by atoms with Crippen LogP contribution in [0.15, 0.2) is 36.5 Å². The molecule has 0 unspecified atom stereocenters. The summed E-state index contributed by atoms with van der Waals surface area (Å²) in [4.78, 5) is 13.3. The second-order valence-electron chi connectivity index (χ2n) is 6.97. The van der Waals surface area contributed by atoms with E-state index in [4.69, 9.17) is 14.5 Å². The predicted octanol–water partition coefficient (Wildman–Crippen LogP) is 2.49. The Hall–Kier alpha value is -2.34. The number of ether oxygens (including phenoxy) is 2. The Morgan fingerprint density at radius 1 is 1.12 bits per heavy atom. The second kappa shape index (κ2) is 6.52. The van der Waals surface area contributed by atoms with Crippen LogP contribution in [0.5, 0.6) is 5.75 Å². The van der Waals surface area contributed by atoms with E-state index in [1.54, 1.807) is 0 Å². The third-order valence-electron chi connectivity index (χ3n) is 4.90. The monoisotopic (exact) mass is 340 g/mol. The van der Waals surface area contributed by atoms with Crippen LogP contribution in [0.25, 0.3) is 0 Å². The van der Waals surface area contributed by atoms with E-state index in [0.717, 1.165) is 56.7 Å². The van der Waals surface area contributed by atoms with Crippen molar-refractivity contribution in [3.05, 3.63) is 42.1 Å². The molecule has 0 atom stereocenters. The molecule has 0 saturated carbocycles. The third-order valence-corrected chi connectivity index (χ3v) is 4.90. The lowest BCUT2D eigenvalue weighted by atomic mass is 9.93. The van der Waals surface area contributed by atoms with Crippen molar-refractivity contribution in [1.82, 2.24) is 9.97 Å². The number of benzene rings is 1. The molecule has 2 aromatic rings. The molecule has 2 aliphatic heterocycles. The molecule has 1 aromatic heterocycles. The Kier molecular flexibility index (Phi) is 4.21. The minimum atomic E-state index is -0.228. The van der Waals surface area contributed by atoms with Crippen molar-refractivity contribution in [1.29, 1.82) is 0 Å². The van der Waals surface area contributed by atoms with Crippen molar-refractivity contribution >= 4 is 11.8 Å². The molecule has 6 heteroatoms. The highest BCUT2D eigenvalue weighted by atomic mass is 16.5. The number of para-hydroxylation sites is 1. The van der Waals surface area contributed by atoms with Gasteiger partial charge in [-0.3, -0.25) is 0 Å². The first-order valence-corrected chi connectivity index (χ1v) is 8.75. The van der Waals surface area contributed by atoms with Crippen molar-refractivity contribution in [2.75, 3.05) is 43.7 Å². The molecule has 1 spiro atoms. The number of anilines is 2. The molecule has 6 nitrogen and oxygen atoms in total. The number of fused-ring (bicyclic) bond motifs is 1. The van der Waals surface area contributed by atoms with E-state index in [-0.39, 0.29) is 5.60 Å². The van der Waals surface area contributed by atoms with E-state index in [2.05, 4.69) is 28.1 Å². The van der Waals surface area contributed by atoms with E-state index in [1.807, 2.05) is 37.3 Å². The van der Waals surface area contributed by atoms with Gasteiger partial charge in [0.25, 0.3) is 0 Å². The van der Waals surface area contributed by atoms with Crippen LogP contribution in [0.4, 0.5) is 11.8 Å². The van der Waals surface area contributed by atoms with E-state index < -0.39 is 0 Å². The van der Waals surface area contributed by atoms with Gasteiger partial charge in [-0.15, -0.1) is 0 Å². The second-order valence-corrected chi connectivity index (χ2v) is 6.97. The predicted molar refractivity (Wildman–Crippen MR) is 97.3 cm³/mol. The van der Waals surface area contributed by atoms with Crippen LogP contribution in [0, 0.1) is 0 Å². The molecule has 2 aliphatic rings. The summed E-state index contributed by atoms with van der Waals surface area (Å²) < 4.78 is 12.1. The van der Waals surface area contributed by atoms with Gasteiger partial charge in [0.05, 0.1) is 19.8 Å². The number of rotatable bonds is 2. The fourth-order valence-corrected chi connectivity index (χ4v) is 3.51. The Bertz CT molecular complexity index is 744. The largest absolute Gasteiger partial charge is 0.485 e. The first kappa shape index (κ1) is 16.1. The molecule has 1 aromatic carbocycles. The van der Waals surface area contributed by atoms with Crippen molar-refractivity contribution < 1.29 is 9.47 Å². The number of hydrogen-bond donors (Lipinski definition) is 0. The van der Waals surface area contributed by atoms with Gasteiger partial charge >= 0.3 is 0 Å². The molecular weight excluding hydrogens is 316 g/mol. The summed E-state index contributed by atoms with van der Waals surface area (Å²) in [5.41, 5.74) is 0.963. The highest BCUT2D eigenvalue weighted by Crippen LogP contribution is 2.36. The first-order valence-electron chi connectivity index (χ1n) is 8.75. The molecule has 0 amide bonds. The molecular formula is C19H24N4O2. The van der Waals surface area contributed by atoms with E-state index >= 15 is 0 Å². The van der Waals surface area contributed by atoms with E-state index in [9.17, 15) is 0 Å². The van der Waals surface area contributed by atoms with Crippen LogP contribution < -0.4 is 14.5 Å². The maximum atomic E-state index is 6.54. The fraction of sp³-hybridized carbons (Fsp3) is 0.474. The zero-order chi connectivity index (χ0) is 17.3. The van der Waals surface area contributed by atoms with E-state index in [0.29, 0.717) is 0 Å². The molecule has 4 rings (SSSR count). The lowest BCUT2D eigenvalue weighted by Crippen LogP contribution is -2.49. The minimum absolute atomic E-state index is 0.228. The van der Waals surface area contributed by atoms with Crippen LogP contribution in [-0.4, -0.2) is 49.4 Å². The Balaban J connectivity index is 1.73. The molecule has 132 valence electrons. The van der Waals surface area contributed by atoms with Crippen LogP contribution in [-0.2, 0) is 11.3 Å². The topological polar surface area (TPSA) is 50.7 Å². The number of aromatic nitrogens is 2. The van der Waals surface area contributed by atoms with E-state index in [1.165, 1.54) is 5.56 Å². The highest BCUT2D eigenvalue weighted by molar-refractivity contribution is 5.47. The van der Waals surface area contributed by atoms with Crippen molar-refractivity contribution in [3.8, 4) is 5.75 Å². The van der Waals surface area contributed by atoms with Gasteiger partial charge in [0.2, 0.25) is 5.95 Å². The average molecular weight is 340 g/mol. The van der Waals surface area contributed by atoms with Gasteiger partial charge in [-0.2, -0.15) is 4.98 Å². The van der Waals surface area contributed by atoms with Gasteiger partial charge in [-0.1, -0.05) is 18.2 Å². The van der Waals surface area contributed by atoms with Crippen LogP contribution in [0.2, 0.25) is 0 Å². The summed E-state index contributed by atoms with van der Waals surface area (Å²) in [6.45, 7) is 3.06. The summed E-state index contributed by atoms with van der Waals surface area (Å²) in [5.74, 6) is 2.63. The summed E-state index contributed by atoms with van der Waals surface area (Å²) in [6.07, 6.45) is 3.61. The standard InChI is InChI=1S/C19H24N4O2/c1-22(2)18-20-10-7-17(21-18)23-13-15-5-3-4-6-16(15)25-19(14-23)8-11-24-12-9-19/h3-7,10H,8-9,11-14H2,1-2H3. The van der Waals surface area contributed by atoms with Crippen LogP contribution in [0.1, 0.15) is 18.4 Å². The Labute approximate surface area is 148 Å². The molecule has 1 fully saturated rings. The Morgan fingerprint density at radius 2 is 1.92 bits per heavy atom. The number of nitrogens with zero attached hydrogens (tertiary/aromatic N) is 4. The van der Waals surface area contributed by atoms with Crippen molar-refractivity contribution in [3.63, 3.8) is 0 Å². The Morgan fingerprint density at radius 3 is 2.72 bits per heavy atom. The van der Waals surface area contributed by atoms with Gasteiger partial charge in [-0.05, 0) is 12.1 Å². The molecule has 0 aliphatic carbocycles. The van der Waals surface area contributed by atoms with Gasteiger partial charge in [0, 0.05) is 45.2 Å². The highest BCUT2D eigenvalue weighted by Gasteiger charge is 2.39. The normalized spacial score (nSPS) is 19.0. The average Bonchev–Trinajstić information content (AvgIpc) is 2.79. The SMILES string of the molecule is CN(C)c1nccc(N2Cc3ccccc3OC3(CCOCC3)C2)n1.